The minimum atomic E-state index is 0.158. The SMILES string of the molecule is CNC(COc1ccccc1)c1ccc(OC)cc1. The molecule has 0 spiro atoms. The summed E-state index contributed by atoms with van der Waals surface area (Å²) in [4.78, 5) is 0. The number of benzene rings is 2. The molecule has 2 aromatic carbocycles. The van der Waals surface area contributed by atoms with Crippen molar-refractivity contribution in [2.24, 2.45) is 0 Å². The van der Waals surface area contributed by atoms with Crippen molar-refractivity contribution in [3.8, 4) is 11.5 Å². The van der Waals surface area contributed by atoms with Crippen LogP contribution >= 0.6 is 0 Å². The van der Waals surface area contributed by atoms with Crippen molar-refractivity contribution in [2.45, 2.75) is 6.04 Å². The third-order valence-corrected chi connectivity index (χ3v) is 3.03. The Morgan fingerprint density at radius 3 is 2.21 bits per heavy atom. The lowest BCUT2D eigenvalue weighted by molar-refractivity contribution is 0.273. The third-order valence-electron chi connectivity index (χ3n) is 3.03. The van der Waals surface area contributed by atoms with Gasteiger partial charge in [-0.15, -0.1) is 0 Å². The number of nitrogens with one attached hydrogen (secondary N) is 1. The van der Waals surface area contributed by atoms with E-state index in [2.05, 4.69) is 5.32 Å². The Bertz CT molecular complexity index is 482. The molecule has 0 aliphatic heterocycles. The van der Waals surface area contributed by atoms with Gasteiger partial charge in [-0.1, -0.05) is 30.3 Å². The van der Waals surface area contributed by atoms with E-state index in [-0.39, 0.29) is 6.04 Å². The molecule has 1 atom stereocenters. The molecule has 0 amide bonds. The van der Waals surface area contributed by atoms with Crippen molar-refractivity contribution in [1.29, 1.82) is 0 Å². The van der Waals surface area contributed by atoms with Crippen LogP contribution in [0.5, 0.6) is 11.5 Å². The summed E-state index contributed by atoms with van der Waals surface area (Å²) in [5, 5.41) is 3.26. The van der Waals surface area contributed by atoms with Crippen molar-refractivity contribution in [1.82, 2.24) is 5.32 Å². The lowest BCUT2D eigenvalue weighted by Gasteiger charge is -2.17. The summed E-state index contributed by atoms with van der Waals surface area (Å²) in [5.74, 6) is 1.75. The predicted octanol–water partition coefficient (Wildman–Crippen LogP) is 3.03. The topological polar surface area (TPSA) is 30.5 Å². The van der Waals surface area contributed by atoms with Crippen LogP contribution < -0.4 is 14.8 Å². The van der Waals surface area contributed by atoms with Gasteiger partial charge in [0.25, 0.3) is 0 Å². The van der Waals surface area contributed by atoms with Crippen LogP contribution in [0.15, 0.2) is 54.6 Å². The summed E-state index contributed by atoms with van der Waals surface area (Å²) in [6, 6.07) is 18.0. The van der Waals surface area contributed by atoms with E-state index in [1.54, 1.807) is 7.11 Å². The Labute approximate surface area is 114 Å². The van der Waals surface area contributed by atoms with Crippen LogP contribution in [0.1, 0.15) is 11.6 Å². The van der Waals surface area contributed by atoms with E-state index in [1.807, 2.05) is 61.6 Å². The lowest BCUT2D eigenvalue weighted by atomic mass is 10.1. The van der Waals surface area contributed by atoms with E-state index in [0.29, 0.717) is 6.61 Å². The Kier molecular flexibility index (Phi) is 4.81. The molecule has 0 heterocycles. The van der Waals surface area contributed by atoms with Gasteiger partial charge in [0.1, 0.15) is 18.1 Å². The van der Waals surface area contributed by atoms with Crippen molar-refractivity contribution in [2.75, 3.05) is 20.8 Å². The average molecular weight is 257 g/mol. The van der Waals surface area contributed by atoms with Crippen LogP contribution in [0.4, 0.5) is 0 Å². The molecular formula is C16H19NO2. The fraction of sp³-hybridized carbons (Fsp3) is 0.250. The van der Waals surface area contributed by atoms with Gasteiger partial charge in [-0.05, 0) is 36.9 Å². The van der Waals surface area contributed by atoms with E-state index in [1.165, 1.54) is 5.56 Å². The molecule has 0 aromatic heterocycles. The number of para-hydroxylation sites is 1. The van der Waals surface area contributed by atoms with Crippen molar-refractivity contribution in [3.05, 3.63) is 60.2 Å². The maximum Gasteiger partial charge on any atom is 0.119 e. The Hall–Kier alpha value is -2.00. The first-order valence-corrected chi connectivity index (χ1v) is 6.32. The number of methoxy groups -OCH3 is 1. The molecule has 2 rings (SSSR count). The van der Waals surface area contributed by atoms with E-state index in [9.17, 15) is 0 Å². The highest BCUT2D eigenvalue weighted by molar-refractivity contribution is 5.29. The van der Waals surface area contributed by atoms with Gasteiger partial charge in [0.05, 0.1) is 13.2 Å². The van der Waals surface area contributed by atoms with Gasteiger partial charge in [0, 0.05) is 0 Å². The summed E-state index contributed by atoms with van der Waals surface area (Å²) in [7, 11) is 3.60. The molecule has 0 bridgehead atoms. The van der Waals surface area contributed by atoms with Crippen LogP contribution in [-0.4, -0.2) is 20.8 Å². The fourth-order valence-corrected chi connectivity index (χ4v) is 1.88. The molecule has 0 aliphatic carbocycles. The molecule has 3 heteroatoms. The number of hydrogen-bond donors (Lipinski definition) is 1. The monoisotopic (exact) mass is 257 g/mol. The zero-order valence-electron chi connectivity index (χ0n) is 11.3. The minimum absolute atomic E-state index is 0.158. The molecule has 0 radical (unpaired) electrons. The molecule has 0 aliphatic rings. The average Bonchev–Trinajstić information content (AvgIpc) is 2.49. The van der Waals surface area contributed by atoms with Crippen LogP contribution in [0, 0.1) is 0 Å². The number of ether oxygens (including phenoxy) is 2. The Morgan fingerprint density at radius 1 is 0.947 bits per heavy atom. The van der Waals surface area contributed by atoms with Gasteiger partial charge >= 0.3 is 0 Å². The van der Waals surface area contributed by atoms with Crippen molar-refractivity contribution >= 4 is 0 Å². The van der Waals surface area contributed by atoms with Gasteiger partial charge in [-0.25, -0.2) is 0 Å². The maximum atomic E-state index is 5.78. The highest BCUT2D eigenvalue weighted by Crippen LogP contribution is 2.19. The predicted molar refractivity (Wildman–Crippen MR) is 76.7 cm³/mol. The summed E-state index contributed by atoms with van der Waals surface area (Å²) in [6.45, 7) is 0.590. The second kappa shape index (κ2) is 6.81. The normalized spacial score (nSPS) is 11.9. The number of rotatable bonds is 6. The van der Waals surface area contributed by atoms with Crippen LogP contribution in [0.3, 0.4) is 0 Å². The van der Waals surface area contributed by atoms with Gasteiger partial charge in [0.2, 0.25) is 0 Å². The fourth-order valence-electron chi connectivity index (χ4n) is 1.88. The van der Waals surface area contributed by atoms with E-state index >= 15 is 0 Å². The molecule has 100 valence electrons. The Morgan fingerprint density at radius 2 is 1.63 bits per heavy atom. The summed E-state index contributed by atoms with van der Waals surface area (Å²) >= 11 is 0. The molecule has 3 nitrogen and oxygen atoms in total. The number of likely N-dealkylation sites (N-methyl/N-ethyl adjacent to an activating group) is 1. The smallest absolute Gasteiger partial charge is 0.119 e. The van der Waals surface area contributed by atoms with Crippen molar-refractivity contribution < 1.29 is 9.47 Å². The molecule has 0 fully saturated rings. The van der Waals surface area contributed by atoms with Crippen LogP contribution in [0.25, 0.3) is 0 Å². The molecule has 1 N–H and O–H groups in total. The first-order chi connectivity index (χ1) is 9.33. The molecular weight excluding hydrogens is 238 g/mol. The summed E-state index contributed by atoms with van der Waals surface area (Å²) in [6.07, 6.45) is 0. The van der Waals surface area contributed by atoms with Gasteiger partial charge < -0.3 is 14.8 Å². The quantitative estimate of drug-likeness (QED) is 0.862. The van der Waals surface area contributed by atoms with Crippen molar-refractivity contribution in [3.63, 3.8) is 0 Å². The van der Waals surface area contributed by atoms with E-state index in [0.717, 1.165) is 11.5 Å². The molecule has 2 aromatic rings. The first kappa shape index (κ1) is 13.4. The Balaban J connectivity index is 1.99. The minimum Gasteiger partial charge on any atom is -0.497 e. The molecule has 0 saturated heterocycles. The lowest BCUT2D eigenvalue weighted by Crippen LogP contribution is -2.23. The largest absolute Gasteiger partial charge is 0.497 e. The van der Waals surface area contributed by atoms with Crippen LogP contribution in [0.2, 0.25) is 0 Å². The van der Waals surface area contributed by atoms with E-state index in [4.69, 9.17) is 9.47 Å². The van der Waals surface area contributed by atoms with Gasteiger partial charge in [0.15, 0.2) is 0 Å². The van der Waals surface area contributed by atoms with Gasteiger partial charge in [-0.2, -0.15) is 0 Å². The highest BCUT2D eigenvalue weighted by Gasteiger charge is 2.10. The second-order valence-corrected chi connectivity index (χ2v) is 4.24. The highest BCUT2D eigenvalue weighted by atomic mass is 16.5. The zero-order valence-corrected chi connectivity index (χ0v) is 11.3. The molecule has 19 heavy (non-hydrogen) atoms. The first-order valence-electron chi connectivity index (χ1n) is 6.32. The van der Waals surface area contributed by atoms with Gasteiger partial charge in [-0.3, -0.25) is 0 Å². The molecule has 0 saturated carbocycles. The summed E-state index contributed by atoms with van der Waals surface area (Å²) in [5.41, 5.74) is 1.18. The number of hydrogen-bond acceptors (Lipinski definition) is 3. The second-order valence-electron chi connectivity index (χ2n) is 4.24. The zero-order chi connectivity index (χ0) is 13.5. The molecule has 1 unspecified atom stereocenters. The third kappa shape index (κ3) is 3.73. The summed E-state index contributed by atoms with van der Waals surface area (Å²) < 4.78 is 10.9. The standard InChI is InChI=1S/C16H19NO2/c1-17-16(12-19-15-6-4-3-5-7-15)13-8-10-14(18-2)11-9-13/h3-11,16-17H,12H2,1-2H3. The maximum absolute atomic E-state index is 5.78. The van der Waals surface area contributed by atoms with Crippen LogP contribution in [-0.2, 0) is 0 Å². The van der Waals surface area contributed by atoms with E-state index < -0.39 is 0 Å².